The van der Waals surface area contributed by atoms with Crippen LogP contribution in [-0.4, -0.2) is 46.8 Å². The van der Waals surface area contributed by atoms with Gasteiger partial charge in [-0.1, -0.05) is 5.21 Å². The third-order valence-corrected chi connectivity index (χ3v) is 2.94. The number of nitrogen functional groups attached to an aromatic ring is 1. The first-order chi connectivity index (χ1) is 9.29. The molecule has 2 heterocycles. The number of hydrogen-bond acceptors (Lipinski definition) is 6. The van der Waals surface area contributed by atoms with Gasteiger partial charge in [0.2, 0.25) is 0 Å². The van der Waals surface area contributed by atoms with Crippen molar-refractivity contribution < 1.29 is 14.3 Å². The molecule has 19 heavy (non-hydrogen) atoms. The van der Waals surface area contributed by atoms with Crippen molar-refractivity contribution in [2.75, 3.05) is 19.8 Å². The Morgan fingerprint density at radius 3 is 3.26 bits per heavy atom. The molecule has 0 saturated carbocycles. The van der Waals surface area contributed by atoms with Crippen molar-refractivity contribution in [3.05, 3.63) is 11.9 Å². The number of amides is 1. The lowest BCUT2D eigenvalue weighted by molar-refractivity contribution is -0.0421. The van der Waals surface area contributed by atoms with E-state index in [0.717, 1.165) is 19.4 Å². The van der Waals surface area contributed by atoms with E-state index in [-0.39, 0.29) is 11.8 Å². The zero-order valence-electron chi connectivity index (χ0n) is 10.7. The molecule has 106 valence electrons. The maximum absolute atomic E-state index is 11.2. The minimum atomic E-state index is -0.456. The van der Waals surface area contributed by atoms with Gasteiger partial charge in [0.15, 0.2) is 5.69 Å². The highest BCUT2D eigenvalue weighted by Gasteiger charge is 2.13. The minimum Gasteiger partial charge on any atom is -0.377 e. The summed E-state index contributed by atoms with van der Waals surface area (Å²) < 4.78 is 12.6. The summed E-state index contributed by atoms with van der Waals surface area (Å²) in [5, 5.41) is 7.50. The van der Waals surface area contributed by atoms with E-state index in [1.54, 1.807) is 4.68 Å². The average molecular weight is 269 g/mol. The van der Waals surface area contributed by atoms with Crippen LogP contribution in [0.1, 0.15) is 29.8 Å². The number of carbonyl (C=O) groups is 1. The molecule has 0 spiro atoms. The van der Waals surface area contributed by atoms with E-state index in [1.807, 2.05) is 5.43 Å². The molecule has 1 fully saturated rings. The summed E-state index contributed by atoms with van der Waals surface area (Å²) in [6, 6.07) is 0. The molecule has 2 rings (SSSR count). The second-order valence-electron chi connectivity index (χ2n) is 4.40. The second-order valence-corrected chi connectivity index (χ2v) is 4.40. The normalized spacial score (nSPS) is 19.3. The van der Waals surface area contributed by atoms with E-state index >= 15 is 0 Å². The van der Waals surface area contributed by atoms with E-state index in [4.69, 9.17) is 15.3 Å². The van der Waals surface area contributed by atoms with Gasteiger partial charge in [0.1, 0.15) is 0 Å². The molecular formula is C11H19N5O3. The maximum Gasteiger partial charge on any atom is 0.287 e. The monoisotopic (exact) mass is 269 g/mol. The van der Waals surface area contributed by atoms with Crippen LogP contribution in [0.5, 0.6) is 0 Å². The number of hydrogen-bond donors (Lipinski definition) is 2. The van der Waals surface area contributed by atoms with Gasteiger partial charge >= 0.3 is 0 Å². The van der Waals surface area contributed by atoms with Crippen molar-refractivity contribution >= 4 is 5.91 Å². The Morgan fingerprint density at radius 1 is 1.63 bits per heavy atom. The van der Waals surface area contributed by atoms with Crippen LogP contribution >= 0.6 is 0 Å². The number of nitrogens with one attached hydrogen (secondary N) is 1. The van der Waals surface area contributed by atoms with E-state index in [0.29, 0.717) is 19.8 Å². The number of nitrogens with zero attached hydrogens (tertiary/aromatic N) is 3. The van der Waals surface area contributed by atoms with Gasteiger partial charge in [-0.3, -0.25) is 10.2 Å². The predicted octanol–water partition coefficient (Wildman–Crippen LogP) is -0.533. The Hall–Kier alpha value is -1.51. The number of rotatable bonds is 6. The van der Waals surface area contributed by atoms with E-state index in [2.05, 4.69) is 10.3 Å². The lowest BCUT2D eigenvalue weighted by Gasteiger charge is -2.22. The highest BCUT2D eigenvalue weighted by Crippen LogP contribution is 2.12. The fraction of sp³-hybridized carbons (Fsp3) is 0.727. The highest BCUT2D eigenvalue weighted by atomic mass is 16.5. The van der Waals surface area contributed by atoms with Crippen LogP contribution < -0.4 is 11.3 Å². The average Bonchev–Trinajstić information content (AvgIpc) is 2.93. The van der Waals surface area contributed by atoms with Crippen LogP contribution in [0.3, 0.4) is 0 Å². The number of nitrogens with two attached hydrogens (primary N) is 1. The van der Waals surface area contributed by atoms with Crippen LogP contribution in [0.15, 0.2) is 6.20 Å². The Balaban J connectivity index is 1.65. The van der Waals surface area contributed by atoms with Gasteiger partial charge in [0, 0.05) is 6.61 Å². The smallest absolute Gasteiger partial charge is 0.287 e. The van der Waals surface area contributed by atoms with E-state index in [9.17, 15) is 4.79 Å². The summed E-state index contributed by atoms with van der Waals surface area (Å²) in [5.74, 6) is 4.55. The van der Waals surface area contributed by atoms with E-state index < -0.39 is 5.91 Å². The third kappa shape index (κ3) is 4.27. The molecule has 0 radical (unpaired) electrons. The number of aromatic nitrogens is 3. The van der Waals surface area contributed by atoms with Gasteiger partial charge in [0.05, 0.1) is 32.1 Å². The van der Waals surface area contributed by atoms with Crippen molar-refractivity contribution in [3.8, 4) is 0 Å². The standard InChI is InChI=1S/C11H19N5O3/c12-13-11(17)10-7-16(15-14-10)4-6-18-8-9-3-1-2-5-19-9/h7,9H,1-6,8,12H2,(H,13,17). The maximum atomic E-state index is 11.2. The first-order valence-electron chi connectivity index (χ1n) is 6.40. The predicted molar refractivity (Wildman–Crippen MR) is 66.1 cm³/mol. The molecule has 1 aliphatic rings. The number of hydrazine groups is 1. The number of ether oxygens (including phenoxy) is 2. The molecule has 3 N–H and O–H groups in total. The molecule has 0 aromatic carbocycles. The Morgan fingerprint density at radius 2 is 2.53 bits per heavy atom. The van der Waals surface area contributed by atoms with Gasteiger partial charge in [-0.05, 0) is 19.3 Å². The zero-order valence-corrected chi connectivity index (χ0v) is 10.7. The van der Waals surface area contributed by atoms with E-state index in [1.165, 1.54) is 12.6 Å². The summed E-state index contributed by atoms with van der Waals surface area (Å²) in [6.07, 6.45) is 5.14. The van der Waals surface area contributed by atoms with Crippen LogP contribution in [0, 0.1) is 0 Å². The fourth-order valence-electron chi connectivity index (χ4n) is 1.90. The first-order valence-corrected chi connectivity index (χ1v) is 6.40. The third-order valence-electron chi connectivity index (χ3n) is 2.94. The Kier molecular flexibility index (Phi) is 5.25. The fourth-order valence-corrected chi connectivity index (χ4v) is 1.90. The topological polar surface area (TPSA) is 104 Å². The molecule has 0 aliphatic carbocycles. The largest absolute Gasteiger partial charge is 0.377 e. The van der Waals surface area contributed by atoms with Gasteiger partial charge in [-0.15, -0.1) is 5.10 Å². The molecule has 8 nitrogen and oxygen atoms in total. The van der Waals surface area contributed by atoms with Crippen LogP contribution in [0.25, 0.3) is 0 Å². The summed E-state index contributed by atoms with van der Waals surface area (Å²) in [5.41, 5.74) is 2.20. The second kappa shape index (κ2) is 7.17. The molecule has 1 aliphatic heterocycles. The lowest BCUT2D eigenvalue weighted by Crippen LogP contribution is -2.30. The molecule has 1 amide bonds. The number of carbonyl (C=O) groups excluding carboxylic acids is 1. The van der Waals surface area contributed by atoms with Gasteiger partial charge in [0.25, 0.3) is 5.91 Å². The summed E-state index contributed by atoms with van der Waals surface area (Å²) >= 11 is 0. The molecule has 1 saturated heterocycles. The van der Waals surface area contributed by atoms with Crippen LogP contribution in [0.4, 0.5) is 0 Å². The summed E-state index contributed by atoms with van der Waals surface area (Å²) in [4.78, 5) is 11.2. The summed E-state index contributed by atoms with van der Waals surface area (Å²) in [7, 11) is 0. The molecule has 1 atom stereocenters. The van der Waals surface area contributed by atoms with Crippen molar-refractivity contribution in [3.63, 3.8) is 0 Å². The molecule has 1 unspecified atom stereocenters. The van der Waals surface area contributed by atoms with Gasteiger partial charge in [-0.2, -0.15) is 0 Å². The molecular weight excluding hydrogens is 250 g/mol. The van der Waals surface area contributed by atoms with Crippen LogP contribution in [-0.2, 0) is 16.0 Å². The zero-order chi connectivity index (χ0) is 13.5. The molecule has 8 heteroatoms. The van der Waals surface area contributed by atoms with Crippen molar-refractivity contribution in [1.29, 1.82) is 0 Å². The van der Waals surface area contributed by atoms with Crippen molar-refractivity contribution in [2.24, 2.45) is 5.84 Å². The Bertz CT molecular complexity index is 403. The summed E-state index contributed by atoms with van der Waals surface area (Å²) in [6.45, 7) is 2.48. The highest BCUT2D eigenvalue weighted by molar-refractivity contribution is 5.91. The Labute approximate surface area is 111 Å². The first kappa shape index (κ1) is 13.9. The van der Waals surface area contributed by atoms with Crippen LogP contribution in [0.2, 0.25) is 0 Å². The minimum absolute atomic E-state index is 0.193. The molecule has 1 aromatic rings. The lowest BCUT2D eigenvalue weighted by atomic mass is 10.1. The van der Waals surface area contributed by atoms with Crippen molar-refractivity contribution in [2.45, 2.75) is 31.9 Å². The molecule has 0 bridgehead atoms. The van der Waals surface area contributed by atoms with Crippen molar-refractivity contribution in [1.82, 2.24) is 20.4 Å². The van der Waals surface area contributed by atoms with Gasteiger partial charge in [-0.25, -0.2) is 10.5 Å². The SMILES string of the molecule is NNC(=O)c1cn(CCOCC2CCCCO2)nn1. The quantitative estimate of drug-likeness (QED) is 0.311. The van der Waals surface area contributed by atoms with Gasteiger partial charge < -0.3 is 9.47 Å². The molecule has 1 aromatic heterocycles.